The molecule has 14 heavy (non-hydrogen) atoms. The summed E-state index contributed by atoms with van der Waals surface area (Å²) in [5.74, 6) is 0.236. The Balaban J connectivity index is 2.22. The van der Waals surface area contributed by atoms with Gasteiger partial charge in [-0.3, -0.25) is 0 Å². The van der Waals surface area contributed by atoms with E-state index in [1.54, 1.807) is 0 Å². The van der Waals surface area contributed by atoms with Crippen LogP contribution in [0.5, 0.6) is 0 Å². The average molecular weight is 211 g/mol. The van der Waals surface area contributed by atoms with E-state index in [2.05, 4.69) is 20.0 Å². The SMILES string of the molecule is OC(CNCc1ncon1)C(F)(F)F. The van der Waals surface area contributed by atoms with Crippen molar-refractivity contribution >= 4 is 0 Å². The number of aliphatic hydroxyl groups excluding tert-OH is 1. The Labute approximate surface area is 76.9 Å². The van der Waals surface area contributed by atoms with E-state index >= 15 is 0 Å². The first-order valence-corrected chi connectivity index (χ1v) is 3.71. The minimum Gasteiger partial charge on any atom is -0.382 e. The van der Waals surface area contributed by atoms with Gasteiger partial charge in [-0.25, -0.2) is 0 Å². The van der Waals surface area contributed by atoms with Crippen LogP contribution < -0.4 is 5.32 Å². The van der Waals surface area contributed by atoms with Crippen molar-refractivity contribution in [3.05, 3.63) is 12.2 Å². The average Bonchev–Trinajstić information content (AvgIpc) is 2.55. The number of hydrogen-bond donors (Lipinski definition) is 2. The Morgan fingerprint density at radius 3 is 2.79 bits per heavy atom. The fourth-order valence-electron chi connectivity index (χ4n) is 0.707. The Bertz CT molecular complexity index is 262. The lowest BCUT2D eigenvalue weighted by Crippen LogP contribution is -2.38. The third-order valence-corrected chi connectivity index (χ3v) is 1.41. The second-order valence-electron chi connectivity index (χ2n) is 2.54. The van der Waals surface area contributed by atoms with Crippen LogP contribution in [-0.4, -0.2) is 34.1 Å². The molecule has 0 saturated heterocycles. The van der Waals surface area contributed by atoms with Gasteiger partial charge in [0.1, 0.15) is 0 Å². The Hall–Kier alpha value is -1.15. The molecule has 0 aliphatic carbocycles. The molecule has 5 nitrogen and oxygen atoms in total. The highest BCUT2D eigenvalue weighted by molar-refractivity contribution is 4.77. The van der Waals surface area contributed by atoms with Crippen LogP contribution in [0.15, 0.2) is 10.9 Å². The molecule has 1 aromatic heterocycles. The number of aromatic nitrogens is 2. The highest BCUT2D eigenvalue weighted by Gasteiger charge is 2.37. The third kappa shape index (κ3) is 3.30. The maximum Gasteiger partial charge on any atom is 0.415 e. The number of halogens is 3. The molecule has 1 unspecified atom stereocenters. The standard InChI is InChI=1S/C6H8F3N3O2/c7-6(8,9)4(13)1-10-2-5-11-3-14-12-5/h3-4,10,13H,1-2H2. The molecule has 1 rings (SSSR count). The summed E-state index contributed by atoms with van der Waals surface area (Å²) in [7, 11) is 0. The summed E-state index contributed by atoms with van der Waals surface area (Å²) in [6, 6.07) is 0. The van der Waals surface area contributed by atoms with Crippen molar-refractivity contribution in [2.24, 2.45) is 0 Å². The van der Waals surface area contributed by atoms with Crippen molar-refractivity contribution < 1.29 is 22.8 Å². The maximum absolute atomic E-state index is 11.8. The van der Waals surface area contributed by atoms with Crippen LogP contribution >= 0.6 is 0 Å². The quantitative estimate of drug-likeness (QED) is 0.738. The first-order valence-electron chi connectivity index (χ1n) is 3.71. The lowest BCUT2D eigenvalue weighted by Gasteiger charge is -2.14. The summed E-state index contributed by atoms with van der Waals surface area (Å²) in [6.45, 7) is -0.582. The molecule has 8 heteroatoms. The normalized spacial score (nSPS) is 14.3. The van der Waals surface area contributed by atoms with E-state index in [0.29, 0.717) is 0 Å². The Morgan fingerprint density at radius 2 is 2.29 bits per heavy atom. The summed E-state index contributed by atoms with van der Waals surface area (Å²) < 4.78 is 39.7. The fraction of sp³-hybridized carbons (Fsp3) is 0.667. The third-order valence-electron chi connectivity index (χ3n) is 1.41. The van der Waals surface area contributed by atoms with E-state index in [1.807, 2.05) is 0 Å². The lowest BCUT2D eigenvalue weighted by molar-refractivity contribution is -0.201. The predicted octanol–water partition coefficient (Wildman–Crippen LogP) is 0.0824. The number of nitrogens with zero attached hydrogens (tertiary/aromatic N) is 2. The van der Waals surface area contributed by atoms with Gasteiger partial charge in [0.15, 0.2) is 11.9 Å². The summed E-state index contributed by atoms with van der Waals surface area (Å²) >= 11 is 0. The molecule has 0 saturated carbocycles. The molecule has 0 bridgehead atoms. The molecule has 1 heterocycles. The van der Waals surface area contributed by atoms with Gasteiger partial charge in [0, 0.05) is 6.54 Å². The van der Waals surface area contributed by atoms with Crippen LogP contribution in [0.1, 0.15) is 5.82 Å². The molecule has 0 aromatic carbocycles. The second-order valence-corrected chi connectivity index (χ2v) is 2.54. The van der Waals surface area contributed by atoms with Crippen molar-refractivity contribution in [1.82, 2.24) is 15.5 Å². The van der Waals surface area contributed by atoms with Crippen LogP contribution in [0.25, 0.3) is 0 Å². The van der Waals surface area contributed by atoms with Gasteiger partial charge in [-0.1, -0.05) is 5.16 Å². The van der Waals surface area contributed by atoms with E-state index in [9.17, 15) is 13.2 Å². The van der Waals surface area contributed by atoms with Crippen LogP contribution in [-0.2, 0) is 6.54 Å². The van der Waals surface area contributed by atoms with E-state index in [1.165, 1.54) is 0 Å². The molecule has 1 atom stereocenters. The van der Waals surface area contributed by atoms with Gasteiger partial charge in [-0.15, -0.1) is 0 Å². The molecule has 1 aromatic rings. The first kappa shape index (κ1) is 10.9. The lowest BCUT2D eigenvalue weighted by atomic mass is 10.3. The van der Waals surface area contributed by atoms with Crippen LogP contribution in [0.2, 0.25) is 0 Å². The van der Waals surface area contributed by atoms with E-state index in [4.69, 9.17) is 5.11 Å². The largest absolute Gasteiger partial charge is 0.415 e. The topological polar surface area (TPSA) is 71.2 Å². The van der Waals surface area contributed by atoms with Gasteiger partial charge in [0.2, 0.25) is 6.39 Å². The highest BCUT2D eigenvalue weighted by atomic mass is 19.4. The molecular formula is C6H8F3N3O2. The number of hydrogen-bond acceptors (Lipinski definition) is 5. The van der Waals surface area contributed by atoms with Gasteiger partial charge in [0.25, 0.3) is 0 Å². The molecule has 0 fully saturated rings. The highest BCUT2D eigenvalue weighted by Crippen LogP contribution is 2.19. The number of aliphatic hydroxyl groups is 1. The Morgan fingerprint density at radius 1 is 1.57 bits per heavy atom. The minimum atomic E-state index is -4.61. The van der Waals surface area contributed by atoms with Gasteiger partial charge < -0.3 is 14.9 Å². The summed E-state index contributed by atoms with van der Waals surface area (Å²) in [4.78, 5) is 3.57. The van der Waals surface area contributed by atoms with E-state index in [0.717, 1.165) is 6.39 Å². The zero-order valence-corrected chi connectivity index (χ0v) is 6.95. The van der Waals surface area contributed by atoms with E-state index in [-0.39, 0.29) is 12.4 Å². The molecule has 0 aliphatic rings. The minimum absolute atomic E-state index is 0.0175. The Kier molecular flexibility index (Phi) is 3.42. The van der Waals surface area contributed by atoms with Crippen LogP contribution in [0.4, 0.5) is 13.2 Å². The van der Waals surface area contributed by atoms with Crippen molar-refractivity contribution in [2.45, 2.75) is 18.8 Å². The summed E-state index contributed by atoms with van der Waals surface area (Å²) in [5, 5.41) is 14.3. The predicted molar refractivity (Wildman–Crippen MR) is 38.1 cm³/mol. The fourth-order valence-corrected chi connectivity index (χ4v) is 0.707. The van der Waals surface area contributed by atoms with Crippen LogP contribution in [0, 0.1) is 0 Å². The molecule has 80 valence electrons. The number of alkyl halides is 3. The molecular weight excluding hydrogens is 203 g/mol. The van der Waals surface area contributed by atoms with Gasteiger partial charge >= 0.3 is 6.18 Å². The molecule has 2 N–H and O–H groups in total. The first-order chi connectivity index (χ1) is 6.50. The summed E-state index contributed by atoms with van der Waals surface area (Å²) in [5.41, 5.74) is 0. The van der Waals surface area contributed by atoms with Crippen molar-refractivity contribution in [2.75, 3.05) is 6.54 Å². The van der Waals surface area contributed by atoms with Gasteiger partial charge in [-0.2, -0.15) is 18.2 Å². The monoisotopic (exact) mass is 211 g/mol. The molecule has 0 amide bonds. The number of nitrogens with one attached hydrogen (secondary N) is 1. The van der Waals surface area contributed by atoms with Crippen molar-refractivity contribution in [1.29, 1.82) is 0 Å². The van der Waals surface area contributed by atoms with Crippen molar-refractivity contribution in [3.8, 4) is 0 Å². The van der Waals surface area contributed by atoms with E-state index < -0.39 is 18.8 Å². The van der Waals surface area contributed by atoms with Crippen molar-refractivity contribution in [3.63, 3.8) is 0 Å². The smallest absolute Gasteiger partial charge is 0.382 e. The van der Waals surface area contributed by atoms with Gasteiger partial charge in [0.05, 0.1) is 6.54 Å². The maximum atomic E-state index is 11.8. The molecule has 0 radical (unpaired) electrons. The molecule has 0 spiro atoms. The molecule has 0 aliphatic heterocycles. The zero-order valence-electron chi connectivity index (χ0n) is 6.95. The van der Waals surface area contributed by atoms with Gasteiger partial charge in [-0.05, 0) is 0 Å². The summed E-state index contributed by atoms with van der Waals surface area (Å²) in [6.07, 6.45) is -5.92. The zero-order chi connectivity index (χ0) is 10.6. The number of rotatable bonds is 4. The van der Waals surface area contributed by atoms with Crippen LogP contribution in [0.3, 0.4) is 0 Å². The second kappa shape index (κ2) is 4.38.